The molecule has 1 fully saturated rings. The summed E-state index contributed by atoms with van der Waals surface area (Å²) in [6.45, 7) is 2.89. The lowest BCUT2D eigenvalue weighted by Gasteiger charge is -2.38. The number of nitrogens with zero attached hydrogens (tertiary/aromatic N) is 2. The third-order valence-electron chi connectivity index (χ3n) is 4.28. The van der Waals surface area contributed by atoms with Crippen LogP contribution in [0.3, 0.4) is 0 Å². The number of hydrogen-bond acceptors (Lipinski definition) is 4. The summed E-state index contributed by atoms with van der Waals surface area (Å²) < 4.78 is 0. The molecule has 2 atom stereocenters. The van der Waals surface area contributed by atoms with Crippen molar-refractivity contribution in [1.29, 1.82) is 0 Å². The van der Waals surface area contributed by atoms with Gasteiger partial charge in [0.25, 0.3) is 0 Å². The predicted octanol–water partition coefficient (Wildman–Crippen LogP) is 3.48. The molecular weight excluding hydrogens is 296 g/mol. The lowest BCUT2D eigenvalue weighted by Crippen LogP contribution is -2.47. The van der Waals surface area contributed by atoms with Crippen LogP contribution in [0.15, 0.2) is 35.8 Å². The standard InChI is InChI=1S/C17H20N2O2S/c1-12-8-11-22-16(12)15(13-6-2-4-9-18-13)19-10-5-3-7-14(19)17(20)21/h2,4,6,8-9,11,14-15H,3,5,7,10H2,1H3,(H,20,21). The Morgan fingerprint density at radius 3 is 2.91 bits per heavy atom. The highest BCUT2D eigenvalue weighted by Crippen LogP contribution is 2.37. The maximum absolute atomic E-state index is 11.7. The second kappa shape index (κ2) is 6.58. The number of likely N-dealkylation sites (tertiary alicyclic amines) is 1. The number of pyridine rings is 1. The van der Waals surface area contributed by atoms with Crippen molar-refractivity contribution in [2.45, 2.75) is 38.3 Å². The molecule has 1 N–H and O–H groups in total. The molecule has 1 aliphatic rings. The lowest BCUT2D eigenvalue weighted by atomic mass is 9.96. The van der Waals surface area contributed by atoms with Crippen molar-refractivity contribution in [2.24, 2.45) is 0 Å². The van der Waals surface area contributed by atoms with Crippen LogP contribution in [-0.4, -0.2) is 33.5 Å². The fourth-order valence-corrected chi connectivity index (χ4v) is 4.24. The maximum atomic E-state index is 11.7. The van der Waals surface area contributed by atoms with Crippen molar-refractivity contribution in [3.05, 3.63) is 52.0 Å². The minimum absolute atomic E-state index is 0.0670. The molecule has 1 aliphatic heterocycles. The van der Waals surface area contributed by atoms with E-state index in [1.807, 2.05) is 18.2 Å². The monoisotopic (exact) mass is 316 g/mol. The molecule has 0 aromatic carbocycles. The lowest BCUT2D eigenvalue weighted by molar-refractivity contribution is -0.145. The van der Waals surface area contributed by atoms with Crippen LogP contribution in [-0.2, 0) is 4.79 Å². The first kappa shape index (κ1) is 15.2. The second-order valence-corrected chi connectivity index (χ2v) is 6.66. The quantitative estimate of drug-likeness (QED) is 0.938. The van der Waals surface area contributed by atoms with Gasteiger partial charge in [0.1, 0.15) is 6.04 Å². The molecule has 22 heavy (non-hydrogen) atoms. The van der Waals surface area contributed by atoms with Gasteiger partial charge in [-0.2, -0.15) is 0 Å². The summed E-state index contributed by atoms with van der Waals surface area (Å²) in [7, 11) is 0. The number of hydrogen-bond donors (Lipinski definition) is 1. The first-order valence-electron chi connectivity index (χ1n) is 7.62. The zero-order valence-electron chi connectivity index (χ0n) is 12.6. The van der Waals surface area contributed by atoms with Crippen LogP contribution >= 0.6 is 11.3 Å². The second-order valence-electron chi connectivity index (χ2n) is 5.71. The predicted molar refractivity (Wildman–Crippen MR) is 87.1 cm³/mol. The SMILES string of the molecule is Cc1ccsc1C(c1ccccn1)N1CCCCC1C(=O)O. The summed E-state index contributed by atoms with van der Waals surface area (Å²) in [5.41, 5.74) is 2.14. The topological polar surface area (TPSA) is 53.4 Å². The number of carboxylic acids is 1. The number of piperidine rings is 1. The van der Waals surface area contributed by atoms with Crippen LogP contribution in [0, 0.1) is 6.92 Å². The number of thiophene rings is 1. The Morgan fingerprint density at radius 1 is 1.41 bits per heavy atom. The molecular formula is C17H20N2O2S. The van der Waals surface area contributed by atoms with E-state index in [4.69, 9.17) is 0 Å². The molecule has 2 aromatic rings. The summed E-state index contributed by atoms with van der Waals surface area (Å²) in [4.78, 5) is 19.5. The fourth-order valence-electron chi connectivity index (χ4n) is 3.19. The van der Waals surface area contributed by atoms with E-state index in [9.17, 15) is 9.90 Å². The molecule has 0 aliphatic carbocycles. The van der Waals surface area contributed by atoms with E-state index in [1.54, 1.807) is 17.5 Å². The molecule has 0 amide bonds. The normalized spacial score (nSPS) is 20.7. The number of aromatic nitrogens is 1. The molecule has 0 saturated carbocycles. The van der Waals surface area contributed by atoms with Gasteiger partial charge in [-0.05, 0) is 48.9 Å². The Balaban J connectivity index is 2.05. The van der Waals surface area contributed by atoms with Gasteiger partial charge < -0.3 is 5.11 Å². The van der Waals surface area contributed by atoms with E-state index in [0.29, 0.717) is 6.42 Å². The van der Waals surface area contributed by atoms with Crippen LogP contribution in [0.5, 0.6) is 0 Å². The first-order chi connectivity index (χ1) is 10.7. The number of carboxylic acid groups (broad SMARTS) is 1. The molecule has 0 spiro atoms. The van der Waals surface area contributed by atoms with Crippen molar-refractivity contribution in [3.8, 4) is 0 Å². The highest BCUT2D eigenvalue weighted by atomic mass is 32.1. The smallest absolute Gasteiger partial charge is 0.320 e. The Bertz CT molecular complexity index is 641. The Kier molecular flexibility index (Phi) is 4.55. The molecule has 0 bridgehead atoms. The highest BCUT2D eigenvalue weighted by molar-refractivity contribution is 7.10. The molecule has 0 radical (unpaired) electrons. The van der Waals surface area contributed by atoms with Crippen molar-refractivity contribution < 1.29 is 9.90 Å². The molecule has 4 nitrogen and oxygen atoms in total. The summed E-state index contributed by atoms with van der Waals surface area (Å²) in [5.74, 6) is -0.727. The third-order valence-corrected chi connectivity index (χ3v) is 5.35. The van der Waals surface area contributed by atoms with Crippen molar-refractivity contribution >= 4 is 17.3 Å². The minimum atomic E-state index is -0.727. The summed E-state index contributed by atoms with van der Waals surface area (Å²) >= 11 is 1.69. The van der Waals surface area contributed by atoms with E-state index >= 15 is 0 Å². The third kappa shape index (κ3) is 2.91. The minimum Gasteiger partial charge on any atom is -0.480 e. The van der Waals surface area contributed by atoms with Gasteiger partial charge in [-0.3, -0.25) is 14.7 Å². The van der Waals surface area contributed by atoms with Crippen LogP contribution in [0.1, 0.15) is 41.4 Å². The maximum Gasteiger partial charge on any atom is 0.320 e. The molecule has 2 unspecified atom stereocenters. The highest BCUT2D eigenvalue weighted by Gasteiger charge is 2.36. The van der Waals surface area contributed by atoms with Crippen LogP contribution in [0.2, 0.25) is 0 Å². The summed E-state index contributed by atoms with van der Waals surface area (Å²) in [6, 6.07) is 7.46. The summed E-state index contributed by atoms with van der Waals surface area (Å²) in [6.07, 6.45) is 4.51. The number of carbonyl (C=O) groups is 1. The summed E-state index contributed by atoms with van der Waals surface area (Å²) in [5, 5.41) is 11.7. The molecule has 116 valence electrons. The molecule has 5 heteroatoms. The largest absolute Gasteiger partial charge is 0.480 e. The molecule has 3 rings (SSSR count). The van der Waals surface area contributed by atoms with Crippen LogP contribution in [0.25, 0.3) is 0 Å². The van der Waals surface area contributed by atoms with E-state index in [1.165, 1.54) is 10.4 Å². The molecule has 1 saturated heterocycles. The van der Waals surface area contributed by atoms with Crippen molar-refractivity contribution in [1.82, 2.24) is 9.88 Å². The van der Waals surface area contributed by atoms with Gasteiger partial charge in [-0.1, -0.05) is 12.5 Å². The Hall–Kier alpha value is -1.72. The number of aliphatic carboxylic acids is 1. The van der Waals surface area contributed by atoms with E-state index in [-0.39, 0.29) is 6.04 Å². The van der Waals surface area contributed by atoms with E-state index < -0.39 is 12.0 Å². The molecule has 2 aromatic heterocycles. The average Bonchev–Trinajstić information content (AvgIpc) is 2.95. The zero-order chi connectivity index (χ0) is 15.5. The first-order valence-corrected chi connectivity index (χ1v) is 8.50. The van der Waals surface area contributed by atoms with Crippen molar-refractivity contribution in [2.75, 3.05) is 6.54 Å². The fraction of sp³-hybridized carbons (Fsp3) is 0.412. The van der Waals surface area contributed by atoms with Gasteiger partial charge >= 0.3 is 5.97 Å². The number of aryl methyl sites for hydroxylation is 1. The average molecular weight is 316 g/mol. The zero-order valence-corrected chi connectivity index (χ0v) is 13.4. The Morgan fingerprint density at radius 2 is 2.27 bits per heavy atom. The van der Waals surface area contributed by atoms with Crippen molar-refractivity contribution in [3.63, 3.8) is 0 Å². The van der Waals surface area contributed by atoms with Gasteiger partial charge in [0, 0.05) is 17.6 Å². The van der Waals surface area contributed by atoms with Gasteiger partial charge in [-0.25, -0.2) is 0 Å². The van der Waals surface area contributed by atoms with Gasteiger partial charge in [0.2, 0.25) is 0 Å². The van der Waals surface area contributed by atoms with Crippen LogP contribution < -0.4 is 0 Å². The number of rotatable bonds is 4. The van der Waals surface area contributed by atoms with Gasteiger partial charge in [-0.15, -0.1) is 11.3 Å². The van der Waals surface area contributed by atoms with Gasteiger partial charge in [0.05, 0.1) is 11.7 Å². The van der Waals surface area contributed by atoms with Crippen LogP contribution in [0.4, 0.5) is 0 Å². The molecule has 3 heterocycles. The van der Waals surface area contributed by atoms with E-state index in [0.717, 1.165) is 25.1 Å². The van der Waals surface area contributed by atoms with Gasteiger partial charge in [0.15, 0.2) is 0 Å². The van der Waals surface area contributed by atoms with E-state index in [2.05, 4.69) is 28.3 Å². The Labute approximate surface area is 134 Å².